The quantitative estimate of drug-likeness (QED) is 0.191. The van der Waals surface area contributed by atoms with Crippen LogP contribution in [0.4, 0.5) is 39.5 Å². The molecule has 0 unspecified atom stereocenters. The summed E-state index contributed by atoms with van der Waals surface area (Å²) < 4.78 is 129. The minimum absolute atomic E-state index is 0.367. The standard InChI is InChI=1S/C35H7F9N8/c36-33(37,38)27-2-1-16(8-45)5-21(27)24(13-50)28-29(25(14-51)22-6-17(9-46)3-19(11-48)31(22)34(39,40)41)30(28)26(15-52)23-7-18(10-47)4-20(12-49)32(23)35(42,43)44/h1-7H. The normalized spacial score (nSPS) is 14.1. The van der Waals surface area contributed by atoms with Gasteiger partial charge in [0.05, 0.1) is 91.6 Å². The number of allylic oxidation sites excluding steroid dienone is 6. The highest BCUT2D eigenvalue weighted by atomic mass is 19.4. The summed E-state index contributed by atoms with van der Waals surface area (Å²) in [5, 5.41) is 78.0. The lowest BCUT2D eigenvalue weighted by Crippen LogP contribution is -2.12. The third kappa shape index (κ3) is 6.46. The van der Waals surface area contributed by atoms with E-state index in [1.807, 2.05) is 0 Å². The van der Waals surface area contributed by atoms with Crippen molar-refractivity contribution in [3.05, 3.63) is 120 Å². The van der Waals surface area contributed by atoms with E-state index in [-0.39, 0.29) is 0 Å². The van der Waals surface area contributed by atoms with Crippen molar-refractivity contribution in [1.29, 1.82) is 42.1 Å². The molecule has 3 aromatic carbocycles. The van der Waals surface area contributed by atoms with E-state index in [0.29, 0.717) is 42.5 Å². The van der Waals surface area contributed by atoms with E-state index in [9.17, 15) is 81.6 Å². The molecule has 0 atom stereocenters. The lowest BCUT2D eigenvalue weighted by molar-refractivity contribution is -0.138. The molecule has 0 heterocycles. The molecule has 0 bridgehead atoms. The Morgan fingerprint density at radius 1 is 0.404 bits per heavy atom. The highest BCUT2D eigenvalue weighted by molar-refractivity contribution is 6.13. The van der Waals surface area contributed by atoms with Crippen molar-refractivity contribution in [2.45, 2.75) is 18.5 Å². The van der Waals surface area contributed by atoms with Crippen molar-refractivity contribution in [2.75, 3.05) is 0 Å². The minimum atomic E-state index is -5.48. The van der Waals surface area contributed by atoms with Crippen LogP contribution in [-0.4, -0.2) is 0 Å². The Kier molecular flexibility index (Phi) is 9.41. The molecule has 1 aliphatic rings. The second-order valence-electron chi connectivity index (χ2n) is 10.3. The minimum Gasteiger partial charge on any atom is -0.192 e. The first-order valence-corrected chi connectivity index (χ1v) is 13.5. The maximum Gasteiger partial charge on any atom is 0.418 e. The molecule has 250 valence electrons. The number of nitrogens with zero attached hydrogens (tertiary/aromatic N) is 8. The fraction of sp³-hybridized carbons (Fsp3) is 0.0857. The van der Waals surface area contributed by atoms with Crippen LogP contribution in [-0.2, 0) is 18.5 Å². The summed E-state index contributed by atoms with van der Waals surface area (Å²) in [5.41, 5.74) is -19.7. The molecule has 0 N–H and O–H groups in total. The molecule has 1 fully saturated rings. The van der Waals surface area contributed by atoms with Gasteiger partial charge in [-0.15, -0.1) is 0 Å². The monoisotopic (exact) mass is 710 g/mol. The molecule has 8 nitrogen and oxygen atoms in total. The van der Waals surface area contributed by atoms with Crippen LogP contribution < -0.4 is 0 Å². The molecule has 0 aliphatic heterocycles. The Balaban J connectivity index is 2.43. The predicted molar refractivity (Wildman–Crippen MR) is 156 cm³/mol. The zero-order valence-electron chi connectivity index (χ0n) is 25.0. The van der Waals surface area contributed by atoms with Gasteiger partial charge in [0.25, 0.3) is 0 Å². The topological polar surface area (TPSA) is 190 Å². The van der Waals surface area contributed by atoms with Crippen LogP contribution in [0.3, 0.4) is 0 Å². The van der Waals surface area contributed by atoms with Crippen molar-refractivity contribution in [1.82, 2.24) is 0 Å². The van der Waals surface area contributed by atoms with E-state index in [4.69, 9.17) is 0 Å². The van der Waals surface area contributed by atoms with Crippen molar-refractivity contribution >= 4 is 16.7 Å². The van der Waals surface area contributed by atoms with Gasteiger partial charge in [-0.1, -0.05) is 0 Å². The Morgan fingerprint density at radius 2 is 0.750 bits per heavy atom. The summed E-state index contributed by atoms with van der Waals surface area (Å²) >= 11 is 0. The van der Waals surface area contributed by atoms with Gasteiger partial charge >= 0.3 is 18.5 Å². The lowest BCUT2D eigenvalue weighted by Gasteiger charge is -2.15. The summed E-state index contributed by atoms with van der Waals surface area (Å²) in [6.45, 7) is 0. The molecule has 0 saturated heterocycles. The summed E-state index contributed by atoms with van der Waals surface area (Å²) in [6, 6.07) is 14.5. The molecule has 1 saturated carbocycles. The largest absolute Gasteiger partial charge is 0.418 e. The molecule has 0 amide bonds. The Hall–Kier alpha value is -7.83. The van der Waals surface area contributed by atoms with Crippen LogP contribution in [0, 0.1) is 90.6 Å². The summed E-state index contributed by atoms with van der Waals surface area (Å²) in [7, 11) is 0. The molecule has 0 spiro atoms. The van der Waals surface area contributed by atoms with E-state index in [0.717, 1.165) is 0 Å². The number of halogens is 9. The molecule has 17 heteroatoms. The first kappa shape index (κ1) is 37.0. The number of hydrogen-bond acceptors (Lipinski definition) is 8. The predicted octanol–water partition coefficient (Wildman–Crippen LogP) is 8.35. The molecular weight excluding hydrogens is 703 g/mol. The van der Waals surface area contributed by atoms with Gasteiger partial charge in [-0.05, 0) is 42.5 Å². The molecule has 52 heavy (non-hydrogen) atoms. The fourth-order valence-electron chi connectivity index (χ4n) is 5.35. The van der Waals surface area contributed by atoms with Crippen molar-refractivity contribution < 1.29 is 39.5 Å². The molecule has 3 aromatic rings. The maximum absolute atomic E-state index is 14.5. The first-order chi connectivity index (χ1) is 24.4. The number of hydrogen-bond donors (Lipinski definition) is 0. The van der Waals surface area contributed by atoms with Gasteiger partial charge in [-0.25, -0.2) is 0 Å². The van der Waals surface area contributed by atoms with Gasteiger partial charge in [0.2, 0.25) is 0 Å². The average Bonchev–Trinajstić information content (AvgIpc) is 3.79. The molecule has 1 aliphatic carbocycles. The van der Waals surface area contributed by atoms with E-state index in [1.165, 1.54) is 48.6 Å². The summed E-state index contributed by atoms with van der Waals surface area (Å²) in [5.74, 6) is 0. The van der Waals surface area contributed by atoms with Crippen LogP contribution in [0.5, 0.6) is 0 Å². The Labute approximate surface area is 285 Å². The SMILES string of the molecule is N#CC(=C1C(=C(C#N)c2cc(C#N)cc(C#N)c2C(F)(F)F)C1=C(C#N)c1cc(C#N)cc(C#N)c1C(F)(F)F)c1cc(C#N)ccc1C(F)(F)F. The van der Waals surface area contributed by atoms with Gasteiger partial charge in [-0.2, -0.15) is 81.6 Å². The zero-order valence-corrected chi connectivity index (χ0v) is 25.0. The van der Waals surface area contributed by atoms with E-state index < -0.39 is 113 Å². The Bertz CT molecular complexity index is 2430. The van der Waals surface area contributed by atoms with Gasteiger partial charge in [0.1, 0.15) is 18.2 Å². The number of alkyl halides is 9. The van der Waals surface area contributed by atoms with Crippen molar-refractivity contribution in [3.63, 3.8) is 0 Å². The second kappa shape index (κ2) is 13.2. The van der Waals surface area contributed by atoms with Gasteiger partial charge < -0.3 is 0 Å². The highest BCUT2D eigenvalue weighted by Gasteiger charge is 2.47. The second-order valence-corrected chi connectivity index (χ2v) is 10.3. The third-order valence-electron chi connectivity index (χ3n) is 7.38. The van der Waals surface area contributed by atoms with E-state index in [1.54, 1.807) is 0 Å². The highest BCUT2D eigenvalue weighted by Crippen LogP contribution is 2.58. The number of benzene rings is 3. The molecular formula is C35H7F9N8. The van der Waals surface area contributed by atoms with Gasteiger partial charge in [0.15, 0.2) is 0 Å². The summed E-state index contributed by atoms with van der Waals surface area (Å²) in [6.07, 6.45) is -16.2. The van der Waals surface area contributed by atoms with Crippen LogP contribution in [0.2, 0.25) is 0 Å². The first-order valence-electron chi connectivity index (χ1n) is 13.5. The van der Waals surface area contributed by atoms with Crippen LogP contribution in [0.15, 0.2) is 59.2 Å². The number of nitriles is 8. The molecule has 0 aromatic heterocycles. The Morgan fingerprint density at radius 3 is 1.04 bits per heavy atom. The van der Waals surface area contributed by atoms with Gasteiger partial charge in [0, 0.05) is 33.4 Å². The lowest BCUT2D eigenvalue weighted by atomic mass is 9.91. The molecule has 4 rings (SSSR count). The smallest absolute Gasteiger partial charge is 0.192 e. The zero-order chi connectivity index (χ0) is 38.9. The number of rotatable bonds is 3. The van der Waals surface area contributed by atoms with E-state index in [2.05, 4.69) is 0 Å². The third-order valence-corrected chi connectivity index (χ3v) is 7.38. The van der Waals surface area contributed by atoms with Gasteiger partial charge in [-0.3, -0.25) is 0 Å². The van der Waals surface area contributed by atoms with E-state index >= 15 is 0 Å². The summed E-state index contributed by atoms with van der Waals surface area (Å²) in [4.78, 5) is 0. The molecule has 0 radical (unpaired) electrons. The van der Waals surface area contributed by atoms with Crippen LogP contribution >= 0.6 is 0 Å². The van der Waals surface area contributed by atoms with Crippen molar-refractivity contribution in [2.24, 2.45) is 0 Å². The van der Waals surface area contributed by atoms with Crippen LogP contribution in [0.1, 0.15) is 61.2 Å². The average molecular weight is 710 g/mol. The maximum atomic E-state index is 14.5. The fourth-order valence-corrected chi connectivity index (χ4v) is 5.35. The van der Waals surface area contributed by atoms with Crippen LogP contribution in [0.25, 0.3) is 16.7 Å². The van der Waals surface area contributed by atoms with Crippen molar-refractivity contribution in [3.8, 4) is 48.6 Å².